The number of hydrogen-bond donors (Lipinski definition) is 0. The fourth-order valence-corrected chi connectivity index (χ4v) is 1.67. The summed E-state index contributed by atoms with van der Waals surface area (Å²) in [4.78, 5) is 13.5. The second kappa shape index (κ2) is 4.01. The van der Waals surface area contributed by atoms with Crippen LogP contribution in [0.25, 0.3) is 0 Å². The molecule has 0 unspecified atom stereocenters. The van der Waals surface area contributed by atoms with E-state index in [0.717, 1.165) is 19.5 Å². The van der Waals surface area contributed by atoms with Crippen molar-refractivity contribution in [3.05, 3.63) is 35.1 Å². The zero-order valence-electron chi connectivity index (χ0n) is 8.79. The summed E-state index contributed by atoms with van der Waals surface area (Å²) in [7, 11) is 0. The van der Waals surface area contributed by atoms with E-state index in [1.165, 1.54) is 6.07 Å². The van der Waals surface area contributed by atoms with Gasteiger partial charge in [-0.15, -0.1) is 0 Å². The van der Waals surface area contributed by atoms with Gasteiger partial charge in [0.05, 0.1) is 0 Å². The predicted molar refractivity (Wildman–Crippen MR) is 56.3 cm³/mol. The Morgan fingerprint density at radius 1 is 1.47 bits per heavy atom. The maximum absolute atomic E-state index is 13.4. The van der Waals surface area contributed by atoms with Crippen LogP contribution in [-0.4, -0.2) is 23.9 Å². The molecule has 1 fully saturated rings. The molecular formula is C12H14FNO. The van der Waals surface area contributed by atoms with E-state index in [-0.39, 0.29) is 11.7 Å². The molecule has 1 saturated heterocycles. The Morgan fingerprint density at radius 2 is 2.20 bits per heavy atom. The summed E-state index contributed by atoms with van der Waals surface area (Å²) in [5.41, 5.74) is 1.12. The first kappa shape index (κ1) is 10.1. The lowest BCUT2D eigenvalue weighted by molar-refractivity contribution is 0.0651. The van der Waals surface area contributed by atoms with Gasteiger partial charge in [0.25, 0.3) is 5.91 Å². The first-order chi connectivity index (χ1) is 7.22. The number of likely N-dealkylation sites (tertiary alicyclic amines) is 1. The Kier molecular flexibility index (Phi) is 2.71. The van der Waals surface area contributed by atoms with Crippen molar-refractivity contribution < 1.29 is 9.18 Å². The van der Waals surface area contributed by atoms with Crippen LogP contribution in [0.2, 0.25) is 0 Å². The van der Waals surface area contributed by atoms with Gasteiger partial charge in [-0.25, -0.2) is 4.39 Å². The molecule has 1 heterocycles. The highest BCUT2D eigenvalue weighted by molar-refractivity contribution is 5.94. The van der Waals surface area contributed by atoms with Crippen LogP contribution in [0.3, 0.4) is 0 Å². The highest BCUT2D eigenvalue weighted by atomic mass is 19.1. The van der Waals surface area contributed by atoms with Crippen molar-refractivity contribution in [2.24, 2.45) is 0 Å². The second-order valence-corrected chi connectivity index (χ2v) is 3.81. The van der Waals surface area contributed by atoms with Gasteiger partial charge in [-0.3, -0.25) is 4.79 Å². The highest BCUT2D eigenvalue weighted by Crippen LogP contribution is 2.16. The minimum absolute atomic E-state index is 0.0530. The Hall–Kier alpha value is -1.38. The topological polar surface area (TPSA) is 20.3 Å². The largest absolute Gasteiger partial charge is 0.339 e. The lowest BCUT2D eigenvalue weighted by atomic mass is 10.1. The van der Waals surface area contributed by atoms with Crippen LogP contribution in [0.4, 0.5) is 4.39 Å². The maximum Gasteiger partial charge on any atom is 0.253 e. The molecule has 0 radical (unpaired) electrons. The zero-order valence-corrected chi connectivity index (χ0v) is 8.79. The fraction of sp³-hybridized carbons (Fsp3) is 0.417. The number of amides is 1. The Balaban J connectivity index is 2.21. The summed E-state index contributed by atoms with van der Waals surface area (Å²) in [6.45, 7) is 3.50. The summed E-state index contributed by atoms with van der Waals surface area (Å²) in [5.74, 6) is -0.327. The summed E-state index contributed by atoms with van der Waals surface area (Å²) in [6.07, 6.45) is 1.71. The van der Waals surface area contributed by atoms with E-state index < -0.39 is 0 Å². The minimum atomic E-state index is -0.274. The van der Waals surface area contributed by atoms with Crippen LogP contribution in [0.15, 0.2) is 18.2 Å². The van der Waals surface area contributed by atoms with Gasteiger partial charge in [0.2, 0.25) is 0 Å². The maximum atomic E-state index is 13.4. The van der Waals surface area contributed by atoms with E-state index in [9.17, 15) is 9.18 Å². The van der Waals surface area contributed by atoms with Crippen LogP contribution >= 0.6 is 0 Å². The Labute approximate surface area is 88.7 Å². The van der Waals surface area contributed by atoms with E-state index in [1.807, 2.05) is 6.92 Å². The average molecular weight is 207 g/mol. The predicted octanol–water partition coefficient (Wildman–Crippen LogP) is 2.23. The molecule has 15 heavy (non-hydrogen) atoms. The first-order valence-electron chi connectivity index (χ1n) is 5.30. The van der Waals surface area contributed by atoms with E-state index >= 15 is 0 Å². The molecule has 0 spiro atoms. The number of carbonyl (C=O) groups excluding carboxylic acids is 1. The van der Waals surface area contributed by atoms with Gasteiger partial charge >= 0.3 is 0 Å². The van der Waals surface area contributed by atoms with E-state index in [1.54, 1.807) is 17.0 Å². The monoisotopic (exact) mass is 207 g/mol. The lowest BCUT2D eigenvalue weighted by Crippen LogP contribution is -2.42. The number of nitrogens with zero attached hydrogens (tertiary/aromatic N) is 1. The smallest absolute Gasteiger partial charge is 0.253 e. The van der Waals surface area contributed by atoms with Gasteiger partial charge in [-0.05, 0) is 30.5 Å². The van der Waals surface area contributed by atoms with Crippen molar-refractivity contribution in [1.29, 1.82) is 0 Å². The molecule has 0 aromatic heterocycles. The summed E-state index contributed by atoms with van der Waals surface area (Å²) in [5, 5.41) is 0. The van der Waals surface area contributed by atoms with E-state index in [0.29, 0.717) is 17.5 Å². The molecule has 0 bridgehead atoms. The highest BCUT2D eigenvalue weighted by Gasteiger charge is 2.21. The summed E-state index contributed by atoms with van der Waals surface area (Å²) < 4.78 is 13.4. The van der Waals surface area contributed by atoms with Gasteiger partial charge < -0.3 is 4.90 Å². The molecule has 0 aliphatic carbocycles. The first-order valence-corrected chi connectivity index (χ1v) is 5.30. The molecule has 0 saturated carbocycles. The minimum Gasteiger partial charge on any atom is -0.339 e. The van der Waals surface area contributed by atoms with Gasteiger partial charge in [0.1, 0.15) is 5.82 Å². The molecule has 1 aliphatic heterocycles. The van der Waals surface area contributed by atoms with E-state index in [4.69, 9.17) is 0 Å². The molecule has 0 atom stereocenters. The average Bonchev–Trinajstić information content (AvgIpc) is 2.15. The number of rotatable bonds is 2. The molecule has 1 aromatic rings. The lowest BCUT2D eigenvalue weighted by Gasteiger charge is -2.30. The van der Waals surface area contributed by atoms with E-state index in [2.05, 4.69) is 0 Å². The van der Waals surface area contributed by atoms with Crippen LogP contribution in [0.1, 0.15) is 29.3 Å². The number of benzene rings is 1. The molecule has 1 amide bonds. The summed E-state index contributed by atoms with van der Waals surface area (Å²) >= 11 is 0. The van der Waals surface area contributed by atoms with Crippen molar-refractivity contribution in [2.45, 2.75) is 19.8 Å². The molecule has 80 valence electrons. The van der Waals surface area contributed by atoms with Gasteiger partial charge in [-0.2, -0.15) is 0 Å². The number of aryl methyl sites for hydroxylation is 1. The third-order valence-corrected chi connectivity index (χ3v) is 2.82. The third-order valence-electron chi connectivity index (χ3n) is 2.82. The van der Waals surface area contributed by atoms with Gasteiger partial charge in [0.15, 0.2) is 0 Å². The van der Waals surface area contributed by atoms with Gasteiger partial charge in [0, 0.05) is 18.7 Å². The van der Waals surface area contributed by atoms with Crippen LogP contribution in [-0.2, 0) is 6.42 Å². The van der Waals surface area contributed by atoms with Crippen LogP contribution < -0.4 is 0 Å². The van der Waals surface area contributed by atoms with Crippen molar-refractivity contribution >= 4 is 5.91 Å². The van der Waals surface area contributed by atoms with Crippen molar-refractivity contribution in [2.75, 3.05) is 13.1 Å². The standard InChI is InChI=1S/C12H14FNO/c1-2-9-4-5-10(8-11(9)13)12(15)14-6-3-7-14/h4-5,8H,2-3,6-7H2,1H3. The number of hydrogen-bond acceptors (Lipinski definition) is 1. The molecular weight excluding hydrogens is 193 g/mol. The van der Waals surface area contributed by atoms with Crippen molar-refractivity contribution in [3.8, 4) is 0 Å². The quantitative estimate of drug-likeness (QED) is 0.728. The third kappa shape index (κ3) is 1.87. The molecule has 3 heteroatoms. The second-order valence-electron chi connectivity index (χ2n) is 3.81. The Morgan fingerprint density at radius 3 is 2.67 bits per heavy atom. The molecule has 1 aliphatic rings. The SMILES string of the molecule is CCc1ccc(C(=O)N2CCC2)cc1F. The molecule has 0 N–H and O–H groups in total. The summed E-state index contributed by atoms with van der Waals surface area (Å²) in [6, 6.07) is 4.75. The normalized spacial score (nSPS) is 14.9. The number of carbonyl (C=O) groups is 1. The molecule has 2 nitrogen and oxygen atoms in total. The fourth-order valence-electron chi connectivity index (χ4n) is 1.67. The van der Waals surface area contributed by atoms with Crippen LogP contribution in [0, 0.1) is 5.82 Å². The molecule has 1 aromatic carbocycles. The zero-order chi connectivity index (χ0) is 10.8. The van der Waals surface area contributed by atoms with Crippen molar-refractivity contribution in [1.82, 2.24) is 4.90 Å². The number of halogens is 1. The molecule has 2 rings (SSSR count). The van der Waals surface area contributed by atoms with Gasteiger partial charge in [-0.1, -0.05) is 13.0 Å². The van der Waals surface area contributed by atoms with Crippen molar-refractivity contribution in [3.63, 3.8) is 0 Å². The Bertz CT molecular complexity index is 385. The van der Waals surface area contributed by atoms with Crippen LogP contribution in [0.5, 0.6) is 0 Å².